The minimum Gasteiger partial charge on any atom is -0.489 e. The number of halogens is 1. The van der Waals surface area contributed by atoms with Crippen molar-refractivity contribution >= 4 is 35.8 Å². The molecular weight excluding hydrogens is 467 g/mol. The lowest BCUT2D eigenvalue weighted by Crippen LogP contribution is -2.47. The van der Waals surface area contributed by atoms with Gasteiger partial charge in [0.1, 0.15) is 12.4 Å². The fourth-order valence-electron chi connectivity index (χ4n) is 3.00. The van der Waals surface area contributed by atoms with Crippen molar-refractivity contribution in [3.8, 4) is 5.75 Å². The molecule has 156 valence electrons. The van der Waals surface area contributed by atoms with E-state index in [2.05, 4.69) is 17.2 Å². The molecule has 7 heteroatoms. The summed E-state index contributed by atoms with van der Waals surface area (Å²) in [5.74, 6) is 1.50. The Morgan fingerprint density at radius 3 is 2.68 bits per heavy atom. The second-order valence-electron chi connectivity index (χ2n) is 6.99. The van der Waals surface area contributed by atoms with Crippen molar-refractivity contribution in [3.63, 3.8) is 0 Å². The zero-order valence-electron chi connectivity index (χ0n) is 16.9. The smallest absolute Gasteiger partial charge is 0.241 e. The highest BCUT2D eigenvalue weighted by atomic mass is 127. The van der Waals surface area contributed by atoms with Crippen molar-refractivity contribution in [1.29, 1.82) is 0 Å². The molecule has 2 rings (SSSR count). The van der Waals surface area contributed by atoms with Crippen LogP contribution >= 0.6 is 24.0 Å². The Hall–Kier alpha value is -1.77. The van der Waals surface area contributed by atoms with Gasteiger partial charge in [0.2, 0.25) is 5.91 Å². The van der Waals surface area contributed by atoms with Crippen molar-refractivity contribution in [2.24, 2.45) is 4.99 Å². The molecule has 28 heavy (non-hydrogen) atoms. The van der Waals surface area contributed by atoms with Crippen molar-refractivity contribution in [2.75, 3.05) is 27.2 Å². The van der Waals surface area contributed by atoms with Gasteiger partial charge in [-0.1, -0.05) is 50.1 Å². The van der Waals surface area contributed by atoms with Crippen molar-refractivity contribution in [2.45, 2.75) is 44.7 Å². The lowest BCUT2D eigenvalue weighted by molar-refractivity contribution is -0.127. The molecule has 1 aromatic carbocycles. The van der Waals surface area contributed by atoms with Gasteiger partial charge in [0.25, 0.3) is 0 Å². The van der Waals surface area contributed by atoms with Crippen LogP contribution in [0.1, 0.15) is 37.7 Å². The van der Waals surface area contributed by atoms with Gasteiger partial charge in [-0.25, -0.2) is 4.99 Å². The largest absolute Gasteiger partial charge is 0.489 e. The number of ether oxygens (including phenoxy) is 1. The third kappa shape index (κ3) is 8.50. The molecule has 0 bridgehead atoms. The third-order valence-electron chi connectivity index (χ3n) is 4.59. The van der Waals surface area contributed by atoms with Crippen LogP contribution in [-0.2, 0) is 11.3 Å². The van der Waals surface area contributed by atoms with Crippen LogP contribution in [0.5, 0.6) is 5.75 Å². The highest BCUT2D eigenvalue weighted by Gasteiger charge is 2.15. The van der Waals surface area contributed by atoms with Crippen molar-refractivity contribution in [3.05, 3.63) is 42.5 Å². The Morgan fingerprint density at radius 1 is 1.29 bits per heavy atom. The topological polar surface area (TPSA) is 66.0 Å². The molecule has 0 aliphatic heterocycles. The van der Waals surface area contributed by atoms with Gasteiger partial charge in [0.15, 0.2) is 5.96 Å². The molecule has 1 fully saturated rings. The van der Waals surface area contributed by atoms with Crippen LogP contribution in [0.2, 0.25) is 0 Å². The number of aliphatic imine (C=N–C) groups is 1. The van der Waals surface area contributed by atoms with Crippen LogP contribution in [0.15, 0.2) is 41.9 Å². The van der Waals surface area contributed by atoms with Crippen LogP contribution in [0.3, 0.4) is 0 Å². The summed E-state index contributed by atoms with van der Waals surface area (Å²) in [6.07, 6.45) is 7.78. The summed E-state index contributed by atoms with van der Waals surface area (Å²) in [6, 6.07) is 8.27. The van der Waals surface area contributed by atoms with Crippen LogP contribution in [0.25, 0.3) is 0 Å². The zero-order valence-corrected chi connectivity index (χ0v) is 19.3. The molecule has 1 aromatic rings. The van der Waals surface area contributed by atoms with E-state index in [0.29, 0.717) is 25.2 Å². The normalized spacial score (nSPS) is 14.6. The summed E-state index contributed by atoms with van der Waals surface area (Å²) < 4.78 is 5.71. The van der Waals surface area contributed by atoms with Gasteiger partial charge in [-0.2, -0.15) is 0 Å². The van der Waals surface area contributed by atoms with E-state index in [0.717, 1.165) is 24.2 Å². The Balaban J connectivity index is 0.00000392. The highest BCUT2D eigenvalue weighted by molar-refractivity contribution is 14.0. The third-order valence-corrected chi connectivity index (χ3v) is 4.59. The number of hydrogen-bond donors (Lipinski definition) is 2. The van der Waals surface area contributed by atoms with Crippen LogP contribution in [0, 0.1) is 0 Å². The predicted molar refractivity (Wildman–Crippen MR) is 125 cm³/mol. The lowest BCUT2D eigenvalue weighted by atomic mass is 9.96. The molecule has 6 nitrogen and oxygen atoms in total. The summed E-state index contributed by atoms with van der Waals surface area (Å²) in [5.41, 5.74) is 1.00. The van der Waals surface area contributed by atoms with E-state index in [-0.39, 0.29) is 36.4 Å². The number of hydrogen-bond acceptors (Lipinski definition) is 3. The van der Waals surface area contributed by atoms with E-state index >= 15 is 0 Å². The number of guanidine groups is 1. The summed E-state index contributed by atoms with van der Waals surface area (Å²) in [7, 11) is 3.51. The van der Waals surface area contributed by atoms with E-state index in [9.17, 15) is 4.79 Å². The van der Waals surface area contributed by atoms with E-state index < -0.39 is 0 Å². The fraction of sp³-hybridized carbons (Fsp3) is 0.524. The van der Waals surface area contributed by atoms with Crippen LogP contribution < -0.4 is 15.4 Å². The van der Waals surface area contributed by atoms with E-state index in [1.54, 1.807) is 25.1 Å². The molecule has 0 unspecified atom stereocenters. The van der Waals surface area contributed by atoms with Crippen molar-refractivity contribution < 1.29 is 9.53 Å². The maximum absolute atomic E-state index is 11.9. The lowest BCUT2D eigenvalue weighted by Gasteiger charge is -2.25. The standard InChI is InChI=1S/C21H32N4O2.HI/c1-4-14-27-19-13-9-8-10-17(19)15-22-21(23-16-20(26)25(2)3)24-18-11-6-5-7-12-18;/h4,8-10,13,18H,1,5-7,11-12,14-16H2,2-3H3,(H2,22,23,24);1H. The second-order valence-corrected chi connectivity index (χ2v) is 6.99. The molecule has 1 amide bonds. The average Bonchev–Trinajstić information content (AvgIpc) is 2.69. The number of nitrogens with zero attached hydrogens (tertiary/aromatic N) is 2. The molecule has 0 spiro atoms. The average molecular weight is 500 g/mol. The monoisotopic (exact) mass is 500 g/mol. The van der Waals surface area contributed by atoms with Gasteiger partial charge < -0.3 is 20.3 Å². The summed E-state index contributed by atoms with van der Waals surface area (Å²) in [6.45, 7) is 4.85. The molecule has 1 aliphatic rings. The molecule has 1 aliphatic carbocycles. The van der Waals surface area contributed by atoms with Gasteiger partial charge in [-0.15, -0.1) is 24.0 Å². The first-order valence-corrected chi connectivity index (χ1v) is 9.66. The second kappa shape index (κ2) is 13.4. The van der Waals surface area contributed by atoms with E-state index in [4.69, 9.17) is 9.73 Å². The summed E-state index contributed by atoms with van der Waals surface area (Å²) in [4.78, 5) is 18.2. The Morgan fingerprint density at radius 2 is 2.00 bits per heavy atom. The quantitative estimate of drug-likeness (QED) is 0.249. The molecular formula is C21H33IN4O2. The minimum atomic E-state index is 0. The zero-order chi connectivity index (χ0) is 19.5. The number of benzene rings is 1. The van der Waals surface area contributed by atoms with Gasteiger partial charge in [0, 0.05) is 25.7 Å². The number of para-hydroxylation sites is 1. The number of likely N-dealkylation sites (N-methyl/N-ethyl adjacent to an activating group) is 1. The number of nitrogens with one attached hydrogen (secondary N) is 2. The first-order chi connectivity index (χ1) is 13.1. The van der Waals surface area contributed by atoms with Crippen LogP contribution in [0.4, 0.5) is 0 Å². The van der Waals surface area contributed by atoms with Crippen molar-refractivity contribution in [1.82, 2.24) is 15.5 Å². The summed E-state index contributed by atoms with van der Waals surface area (Å²) >= 11 is 0. The molecule has 1 saturated carbocycles. The highest BCUT2D eigenvalue weighted by Crippen LogP contribution is 2.19. The number of amides is 1. The van der Waals surface area contributed by atoms with Gasteiger partial charge in [-0.05, 0) is 18.9 Å². The van der Waals surface area contributed by atoms with Crippen LogP contribution in [-0.4, -0.2) is 50.1 Å². The summed E-state index contributed by atoms with van der Waals surface area (Å²) in [5, 5.41) is 6.67. The number of carbonyl (C=O) groups is 1. The Labute approximate surface area is 185 Å². The fourth-order valence-corrected chi connectivity index (χ4v) is 3.00. The van der Waals surface area contributed by atoms with Gasteiger partial charge in [-0.3, -0.25) is 4.79 Å². The molecule has 0 radical (unpaired) electrons. The molecule has 0 heterocycles. The first-order valence-electron chi connectivity index (χ1n) is 9.66. The van der Waals surface area contributed by atoms with E-state index in [1.807, 2.05) is 24.3 Å². The number of carbonyl (C=O) groups excluding carboxylic acids is 1. The molecule has 0 aromatic heterocycles. The minimum absolute atomic E-state index is 0. The SMILES string of the molecule is C=CCOc1ccccc1CN=C(NCC(=O)N(C)C)NC1CCCCC1.I. The van der Waals surface area contributed by atoms with E-state index in [1.165, 1.54) is 19.3 Å². The van der Waals surface area contributed by atoms with Gasteiger partial charge >= 0.3 is 0 Å². The predicted octanol–water partition coefficient (Wildman–Crippen LogP) is 3.33. The maximum atomic E-state index is 11.9. The molecule has 0 atom stereocenters. The number of rotatable bonds is 8. The first kappa shape index (κ1) is 24.3. The van der Waals surface area contributed by atoms with Gasteiger partial charge in [0.05, 0.1) is 13.1 Å². The maximum Gasteiger partial charge on any atom is 0.241 e. The molecule has 0 saturated heterocycles. The Kier molecular flexibility index (Phi) is 11.6. The molecule has 2 N–H and O–H groups in total. The Bertz CT molecular complexity index is 643.